The fourth-order valence-corrected chi connectivity index (χ4v) is 3.05. The van der Waals surface area contributed by atoms with Crippen LogP contribution in [0.25, 0.3) is 23.0 Å². The number of nitriles is 1. The third-order valence-electron chi connectivity index (χ3n) is 3.46. The maximum Gasteiger partial charge on any atom is 0.136 e. The van der Waals surface area contributed by atoms with E-state index in [9.17, 15) is 5.26 Å². The molecule has 1 heterocycles. The summed E-state index contributed by atoms with van der Waals surface area (Å²) < 4.78 is 5.78. The predicted molar refractivity (Wildman–Crippen MR) is 104 cm³/mol. The summed E-state index contributed by atoms with van der Waals surface area (Å²) in [4.78, 5) is 0. The number of furan rings is 1. The van der Waals surface area contributed by atoms with Crippen LogP contribution in [0.4, 0.5) is 0 Å². The fourth-order valence-electron chi connectivity index (χ4n) is 2.25. The zero-order chi connectivity index (χ0) is 18.0. The minimum atomic E-state index is 0.383. The molecule has 25 heavy (non-hydrogen) atoms. The van der Waals surface area contributed by atoms with Crippen molar-refractivity contribution < 1.29 is 4.42 Å². The van der Waals surface area contributed by atoms with E-state index in [1.54, 1.807) is 54.6 Å². The molecular formula is C19H9Cl4NO. The highest BCUT2D eigenvalue weighted by atomic mass is 35.5. The van der Waals surface area contributed by atoms with Crippen molar-refractivity contribution in [3.63, 3.8) is 0 Å². The fraction of sp³-hybridized carbons (Fsp3) is 0. The Morgan fingerprint density at radius 2 is 1.68 bits per heavy atom. The number of benzene rings is 2. The molecule has 0 bridgehead atoms. The highest BCUT2D eigenvalue weighted by Crippen LogP contribution is 2.33. The van der Waals surface area contributed by atoms with Crippen molar-refractivity contribution in [2.45, 2.75) is 0 Å². The maximum atomic E-state index is 9.43. The van der Waals surface area contributed by atoms with E-state index >= 15 is 0 Å². The molecule has 0 aliphatic carbocycles. The minimum Gasteiger partial charge on any atom is -0.457 e. The van der Waals surface area contributed by atoms with Gasteiger partial charge in [0.2, 0.25) is 0 Å². The molecule has 2 aromatic carbocycles. The van der Waals surface area contributed by atoms with Gasteiger partial charge in [0.1, 0.15) is 11.5 Å². The Bertz CT molecular complexity index is 1010. The van der Waals surface area contributed by atoms with Crippen LogP contribution in [0.15, 0.2) is 52.9 Å². The molecule has 0 N–H and O–H groups in total. The van der Waals surface area contributed by atoms with Crippen molar-refractivity contribution in [1.29, 1.82) is 5.26 Å². The number of hydrogen-bond donors (Lipinski definition) is 0. The van der Waals surface area contributed by atoms with Crippen molar-refractivity contribution in [1.82, 2.24) is 0 Å². The monoisotopic (exact) mass is 407 g/mol. The van der Waals surface area contributed by atoms with Crippen LogP contribution < -0.4 is 0 Å². The molecule has 0 fully saturated rings. The standard InChI is InChI=1S/C19H9Cl4NO/c20-13-2-4-15(17(22)9-13)19-6-3-14(25-19)7-12(10-24)11-1-5-16(21)18(23)8-11/h1-9H/b12-7-. The van der Waals surface area contributed by atoms with Gasteiger partial charge < -0.3 is 4.42 Å². The largest absolute Gasteiger partial charge is 0.457 e. The lowest BCUT2D eigenvalue weighted by Gasteiger charge is -2.02. The molecule has 0 aliphatic heterocycles. The lowest BCUT2D eigenvalue weighted by Crippen LogP contribution is -1.82. The number of halogens is 4. The van der Waals surface area contributed by atoms with Crippen LogP contribution in [0.1, 0.15) is 11.3 Å². The first kappa shape index (κ1) is 17.9. The normalized spacial score (nSPS) is 11.4. The van der Waals surface area contributed by atoms with Gasteiger partial charge in [0, 0.05) is 10.6 Å². The summed E-state index contributed by atoms with van der Waals surface area (Å²) in [6.07, 6.45) is 1.63. The van der Waals surface area contributed by atoms with Gasteiger partial charge in [-0.25, -0.2) is 0 Å². The molecule has 0 amide bonds. The van der Waals surface area contributed by atoms with Crippen molar-refractivity contribution in [2.75, 3.05) is 0 Å². The molecule has 0 saturated heterocycles. The Kier molecular flexibility index (Phi) is 5.42. The van der Waals surface area contributed by atoms with Crippen LogP contribution in [0.2, 0.25) is 20.1 Å². The third-order valence-corrected chi connectivity index (χ3v) is 4.75. The third kappa shape index (κ3) is 4.03. The van der Waals surface area contributed by atoms with E-state index < -0.39 is 0 Å². The summed E-state index contributed by atoms with van der Waals surface area (Å²) in [6.45, 7) is 0. The minimum absolute atomic E-state index is 0.383. The van der Waals surface area contributed by atoms with E-state index in [2.05, 4.69) is 6.07 Å². The van der Waals surface area contributed by atoms with Crippen molar-refractivity contribution in [3.05, 3.63) is 79.9 Å². The molecule has 1 aromatic heterocycles. The molecule has 0 spiro atoms. The lowest BCUT2D eigenvalue weighted by atomic mass is 10.1. The van der Waals surface area contributed by atoms with Gasteiger partial charge in [0.25, 0.3) is 0 Å². The zero-order valence-corrected chi connectivity index (χ0v) is 15.6. The molecule has 0 unspecified atom stereocenters. The van der Waals surface area contributed by atoms with Gasteiger partial charge in [-0.3, -0.25) is 0 Å². The second-order valence-electron chi connectivity index (χ2n) is 5.12. The van der Waals surface area contributed by atoms with Gasteiger partial charge in [-0.15, -0.1) is 0 Å². The van der Waals surface area contributed by atoms with E-state index in [4.69, 9.17) is 50.8 Å². The van der Waals surface area contributed by atoms with Gasteiger partial charge in [-0.1, -0.05) is 52.5 Å². The Balaban J connectivity index is 1.96. The van der Waals surface area contributed by atoms with E-state index in [0.29, 0.717) is 42.7 Å². The Morgan fingerprint density at radius 3 is 2.36 bits per heavy atom. The van der Waals surface area contributed by atoms with Crippen LogP contribution in [-0.2, 0) is 0 Å². The molecule has 2 nitrogen and oxygen atoms in total. The molecule has 0 atom stereocenters. The Hall–Kier alpha value is -1.89. The van der Waals surface area contributed by atoms with E-state index in [1.807, 2.05) is 0 Å². The smallest absolute Gasteiger partial charge is 0.136 e. The van der Waals surface area contributed by atoms with Crippen molar-refractivity contribution in [3.8, 4) is 17.4 Å². The summed E-state index contributed by atoms with van der Waals surface area (Å²) in [5.41, 5.74) is 1.78. The first-order chi connectivity index (χ1) is 12.0. The van der Waals surface area contributed by atoms with Crippen LogP contribution in [-0.4, -0.2) is 0 Å². The molecule has 124 valence electrons. The average molecular weight is 409 g/mol. The second kappa shape index (κ2) is 7.56. The van der Waals surface area contributed by atoms with Crippen LogP contribution in [0.5, 0.6) is 0 Å². The number of nitrogens with zero attached hydrogens (tertiary/aromatic N) is 1. The van der Waals surface area contributed by atoms with Gasteiger partial charge in [-0.05, 0) is 54.1 Å². The number of hydrogen-bond acceptors (Lipinski definition) is 2. The molecule has 3 rings (SSSR count). The van der Waals surface area contributed by atoms with E-state index in [1.165, 1.54) is 0 Å². The van der Waals surface area contributed by atoms with Gasteiger partial charge in [0.15, 0.2) is 0 Å². The van der Waals surface area contributed by atoms with Crippen molar-refractivity contribution >= 4 is 58.1 Å². The first-order valence-corrected chi connectivity index (χ1v) is 8.61. The van der Waals surface area contributed by atoms with Gasteiger partial charge in [0.05, 0.1) is 26.7 Å². The summed E-state index contributed by atoms with van der Waals surface area (Å²) in [5, 5.41) is 11.3. The molecular weight excluding hydrogens is 400 g/mol. The summed E-state index contributed by atoms with van der Waals surface area (Å²) in [5.74, 6) is 1.10. The zero-order valence-electron chi connectivity index (χ0n) is 12.6. The second-order valence-corrected chi connectivity index (χ2v) is 6.78. The average Bonchev–Trinajstić information content (AvgIpc) is 3.03. The highest BCUT2D eigenvalue weighted by Gasteiger charge is 2.10. The number of allylic oxidation sites excluding steroid dienone is 1. The molecule has 0 saturated carbocycles. The van der Waals surface area contributed by atoms with Crippen LogP contribution in [0, 0.1) is 11.3 Å². The molecule has 3 aromatic rings. The van der Waals surface area contributed by atoms with E-state index in [0.717, 1.165) is 5.56 Å². The quantitative estimate of drug-likeness (QED) is 0.417. The predicted octanol–water partition coefficient (Wildman–Crippen LogP) is 7.62. The summed E-state index contributed by atoms with van der Waals surface area (Å²) >= 11 is 24.0. The molecule has 6 heteroatoms. The van der Waals surface area contributed by atoms with Crippen LogP contribution >= 0.6 is 46.4 Å². The Labute approximate surface area is 164 Å². The van der Waals surface area contributed by atoms with Gasteiger partial charge >= 0.3 is 0 Å². The SMILES string of the molecule is N#C/C(=C/c1ccc(-c2ccc(Cl)cc2Cl)o1)c1ccc(Cl)c(Cl)c1. The number of rotatable bonds is 3. The summed E-state index contributed by atoms with van der Waals surface area (Å²) in [7, 11) is 0. The molecule has 0 aliphatic rings. The maximum absolute atomic E-state index is 9.43. The highest BCUT2D eigenvalue weighted by molar-refractivity contribution is 6.42. The summed E-state index contributed by atoms with van der Waals surface area (Å²) in [6, 6.07) is 15.8. The van der Waals surface area contributed by atoms with Crippen molar-refractivity contribution in [2.24, 2.45) is 0 Å². The Morgan fingerprint density at radius 1 is 0.880 bits per heavy atom. The van der Waals surface area contributed by atoms with Crippen LogP contribution in [0.3, 0.4) is 0 Å². The lowest BCUT2D eigenvalue weighted by molar-refractivity contribution is 0.572. The van der Waals surface area contributed by atoms with E-state index in [-0.39, 0.29) is 0 Å². The first-order valence-electron chi connectivity index (χ1n) is 7.10. The molecule has 0 radical (unpaired) electrons. The van der Waals surface area contributed by atoms with Gasteiger partial charge in [-0.2, -0.15) is 5.26 Å². The topological polar surface area (TPSA) is 36.9 Å².